The molecule has 2 aromatic carbocycles. The molecule has 0 aliphatic carbocycles. The van der Waals surface area contributed by atoms with Crippen molar-refractivity contribution in [1.82, 2.24) is 10.0 Å². The minimum Gasteiger partial charge on any atom is -0.425 e. The topological polar surface area (TPSA) is 105 Å². The van der Waals surface area contributed by atoms with E-state index in [-0.39, 0.29) is 22.7 Å². The van der Waals surface area contributed by atoms with Crippen LogP contribution in [0.25, 0.3) is 0 Å². The van der Waals surface area contributed by atoms with Crippen molar-refractivity contribution in [3.63, 3.8) is 0 Å². The number of carbonyl (C=O) groups excluding carboxylic acids is 2. The van der Waals surface area contributed by atoms with Gasteiger partial charge in [-0.25, -0.2) is 18.0 Å². The van der Waals surface area contributed by atoms with Gasteiger partial charge in [-0.2, -0.15) is 4.72 Å². The summed E-state index contributed by atoms with van der Waals surface area (Å²) in [7, 11) is -2.29. The van der Waals surface area contributed by atoms with Crippen LogP contribution in [0.2, 0.25) is 5.02 Å². The standard InChI is InChI=1S/C20H24ClN3O5S/c1-13(2)22-20(26)24(4)16-7-9-17(10-8-16)29-19(25)14(3)23-30(27,28)18-11-5-15(21)6-12-18/h5-14,23H,1-4H3,(H,22,26)/t14-/m0/s1. The molecule has 0 fully saturated rings. The van der Waals surface area contributed by atoms with Gasteiger partial charge in [0, 0.05) is 23.8 Å². The molecule has 1 atom stereocenters. The maximum atomic E-state index is 12.4. The molecule has 0 radical (unpaired) electrons. The van der Waals surface area contributed by atoms with Crippen LogP contribution in [0.5, 0.6) is 5.75 Å². The van der Waals surface area contributed by atoms with Gasteiger partial charge < -0.3 is 10.1 Å². The molecule has 0 heterocycles. The van der Waals surface area contributed by atoms with Gasteiger partial charge in [0.2, 0.25) is 10.0 Å². The molecule has 0 aliphatic rings. The zero-order valence-electron chi connectivity index (χ0n) is 17.0. The Balaban J connectivity index is 1.99. The van der Waals surface area contributed by atoms with E-state index in [4.69, 9.17) is 16.3 Å². The van der Waals surface area contributed by atoms with Crippen molar-refractivity contribution in [2.24, 2.45) is 0 Å². The SMILES string of the molecule is CC(C)NC(=O)N(C)c1ccc(OC(=O)[C@H](C)NS(=O)(=O)c2ccc(Cl)cc2)cc1. The first-order valence-electron chi connectivity index (χ1n) is 9.13. The summed E-state index contributed by atoms with van der Waals surface area (Å²) in [6.07, 6.45) is 0. The summed E-state index contributed by atoms with van der Waals surface area (Å²) in [5.41, 5.74) is 0.601. The van der Waals surface area contributed by atoms with Crippen molar-refractivity contribution in [2.45, 2.75) is 37.8 Å². The monoisotopic (exact) mass is 453 g/mol. The van der Waals surface area contributed by atoms with Crippen molar-refractivity contribution in [3.8, 4) is 5.75 Å². The van der Waals surface area contributed by atoms with Crippen LogP contribution in [0.1, 0.15) is 20.8 Å². The quantitative estimate of drug-likeness (QED) is 0.495. The molecule has 2 amide bonds. The number of anilines is 1. The minimum absolute atomic E-state index is 0.00156. The smallest absolute Gasteiger partial charge is 0.329 e. The molecule has 10 heteroatoms. The van der Waals surface area contributed by atoms with Crippen LogP contribution in [0, 0.1) is 0 Å². The van der Waals surface area contributed by atoms with Crippen molar-refractivity contribution in [2.75, 3.05) is 11.9 Å². The summed E-state index contributed by atoms with van der Waals surface area (Å²) >= 11 is 5.76. The van der Waals surface area contributed by atoms with E-state index in [1.54, 1.807) is 19.2 Å². The summed E-state index contributed by atoms with van der Waals surface area (Å²) in [6.45, 7) is 5.10. The maximum Gasteiger partial charge on any atom is 0.329 e. The number of nitrogens with one attached hydrogen (secondary N) is 2. The molecule has 0 bridgehead atoms. The lowest BCUT2D eigenvalue weighted by molar-refractivity contribution is -0.135. The number of sulfonamides is 1. The summed E-state index contributed by atoms with van der Waals surface area (Å²) < 4.78 is 32.2. The summed E-state index contributed by atoms with van der Waals surface area (Å²) in [4.78, 5) is 25.7. The number of urea groups is 1. The molecule has 0 spiro atoms. The molecule has 0 unspecified atom stereocenters. The predicted octanol–water partition coefficient (Wildman–Crippen LogP) is 3.17. The highest BCUT2D eigenvalue weighted by Gasteiger charge is 2.23. The molecule has 2 N–H and O–H groups in total. The fraction of sp³-hybridized carbons (Fsp3) is 0.300. The second-order valence-corrected chi connectivity index (χ2v) is 9.03. The van der Waals surface area contributed by atoms with Gasteiger partial charge >= 0.3 is 12.0 Å². The normalized spacial score (nSPS) is 12.3. The third kappa shape index (κ3) is 6.45. The first kappa shape index (κ1) is 23.7. The van der Waals surface area contributed by atoms with Gasteiger partial charge in [-0.05, 0) is 69.3 Å². The molecule has 0 saturated carbocycles. The molecular weight excluding hydrogens is 430 g/mol. The molecule has 0 aromatic heterocycles. The number of benzene rings is 2. The number of halogens is 1. The maximum absolute atomic E-state index is 12.4. The summed E-state index contributed by atoms with van der Waals surface area (Å²) in [5, 5.41) is 3.17. The van der Waals surface area contributed by atoms with Crippen LogP contribution >= 0.6 is 11.6 Å². The Kier molecular flexibility index (Phi) is 7.83. The van der Waals surface area contributed by atoms with Crippen molar-refractivity contribution in [1.29, 1.82) is 0 Å². The minimum atomic E-state index is -3.91. The molecule has 30 heavy (non-hydrogen) atoms. The van der Waals surface area contributed by atoms with Gasteiger partial charge in [-0.15, -0.1) is 0 Å². The molecule has 2 rings (SSSR count). The fourth-order valence-corrected chi connectivity index (χ4v) is 3.68. The van der Waals surface area contributed by atoms with Crippen LogP contribution in [0.4, 0.5) is 10.5 Å². The molecule has 8 nitrogen and oxygen atoms in total. The lowest BCUT2D eigenvalue weighted by Crippen LogP contribution is -2.41. The van der Waals surface area contributed by atoms with E-state index >= 15 is 0 Å². The molecule has 0 saturated heterocycles. The van der Waals surface area contributed by atoms with Crippen LogP contribution in [-0.4, -0.2) is 39.5 Å². The second kappa shape index (κ2) is 9.92. The van der Waals surface area contributed by atoms with E-state index in [1.165, 1.54) is 48.2 Å². The lowest BCUT2D eigenvalue weighted by atomic mass is 10.3. The highest BCUT2D eigenvalue weighted by molar-refractivity contribution is 7.89. The number of hydrogen-bond acceptors (Lipinski definition) is 5. The number of carbonyl (C=O) groups is 2. The number of hydrogen-bond donors (Lipinski definition) is 2. The van der Waals surface area contributed by atoms with Crippen LogP contribution < -0.4 is 19.7 Å². The molecular formula is C20H24ClN3O5S. The van der Waals surface area contributed by atoms with E-state index in [0.29, 0.717) is 10.7 Å². The Labute approximate surface area is 181 Å². The first-order chi connectivity index (χ1) is 14.0. The number of ether oxygens (including phenoxy) is 1. The van der Waals surface area contributed by atoms with E-state index < -0.39 is 22.0 Å². The van der Waals surface area contributed by atoms with Crippen LogP contribution in [-0.2, 0) is 14.8 Å². The van der Waals surface area contributed by atoms with Gasteiger partial charge in [-0.3, -0.25) is 4.90 Å². The van der Waals surface area contributed by atoms with Gasteiger partial charge in [0.1, 0.15) is 11.8 Å². The van der Waals surface area contributed by atoms with Crippen LogP contribution in [0.3, 0.4) is 0 Å². The average Bonchev–Trinajstić information content (AvgIpc) is 2.67. The average molecular weight is 454 g/mol. The lowest BCUT2D eigenvalue weighted by Gasteiger charge is -2.20. The second-order valence-electron chi connectivity index (χ2n) is 6.88. The first-order valence-corrected chi connectivity index (χ1v) is 11.0. The largest absolute Gasteiger partial charge is 0.425 e. The van der Waals surface area contributed by atoms with E-state index in [1.807, 2.05) is 13.8 Å². The highest BCUT2D eigenvalue weighted by Crippen LogP contribution is 2.20. The number of nitrogens with zero attached hydrogens (tertiary/aromatic N) is 1. The Hall–Kier alpha value is -2.62. The highest BCUT2D eigenvalue weighted by atomic mass is 35.5. The van der Waals surface area contributed by atoms with Gasteiger partial charge in [-0.1, -0.05) is 11.6 Å². The van der Waals surface area contributed by atoms with Crippen molar-refractivity contribution in [3.05, 3.63) is 53.6 Å². The Morgan fingerprint density at radius 3 is 2.10 bits per heavy atom. The number of amides is 2. The zero-order chi connectivity index (χ0) is 22.5. The molecule has 162 valence electrons. The predicted molar refractivity (Wildman–Crippen MR) is 115 cm³/mol. The van der Waals surface area contributed by atoms with E-state index in [9.17, 15) is 18.0 Å². The van der Waals surface area contributed by atoms with E-state index in [0.717, 1.165) is 0 Å². The number of rotatable bonds is 7. The van der Waals surface area contributed by atoms with Gasteiger partial charge in [0.25, 0.3) is 0 Å². The Morgan fingerprint density at radius 2 is 1.57 bits per heavy atom. The zero-order valence-corrected chi connectivity index (χ0v) is 18.6. The van der Waals surface area contributed by atoms with Crippen molar-refractivity contribution < 1.29 is 22.7 Å². The molecule has 2 aromatic rings. The van der Waals surface area contributed by atoms with E-state index in [2.05, 4.69) is 10.0 Å². The fourth-order valence-electron chi connectivity index (χ4n) is 2.37. The summed E-state index contributed by atoms with van der Waals surface area (Å²) in [6, 6.07) is 10.5. The van der Waals surface area contributed by atoms with Gasteiger partial charge in [0.05, 0.1) is 4.90 Å². The van der Waals surface area contributed by atoms with Gasteiger partial charge in [0.15, 0.2) is 0 Å². The summed E-state index contributed by atoms with van der Waals surface area (Å²) in [5.74, 6) is -0.551. The third-order valence-electron chi connectivity index (χ3n) is 3.97. The van der Waals surface area contributed by atoms with Crippen LogP contribution in [0.15, 0.2) is 53.4 Å². The third-order valence-corrected chi connectivity index (χ3v) is 5.78. The molecule has 0 aliphatic heterocycles. The Morgan fingerprint density at radius 1 is 1.00 bits per heavy atom. The number of esters is 1. The Bertz CT molecular complexity index is 992. The van der Waals surface area contributed by atoms with Crippen molar-refractivity contribution >= 4 is 39.3 Å².